The zero-order valence-corrected chi connectivity index (χ0v) is 7.74. The van der Waals surface area contributed by atoms with Gasteiger partial charge in [-0.1, -0.05) is 30.3 Å². The first-order valence-electron chi connectivity index (χ1n) is 4.35. The van der Waals surface area contributed by atoms with Gasteiger partial charge in [-0.25, -0.2) is 0 Å². The number of rotatable bonds is 2. The van der Waals surface area contributed by atoms with Crippen molar-refractivity contribution < 1.29 is 8.78 Å². The molecule has 3 N–H and O–H groups in total. The van der Waals surface area contributed by atoms with Gasteiger partial charge < -0.3 is 5.73 Å². The molecule has 78 valence electrons. The molecule has 15 heavy (non-hydrogen) atoms. The maximum atomic E-state index is 13.8. The molecule has 0 aliphatic rings. The van der Waals surface area contributed by atoms with Gasteiger partial charge in [-0.05, 0) is 0 Å². The third kappa shape index (κ3) is 1.68. The molecule has 0 aliphatic heterocycles. The number of benzene rings is 1. The van der Waals surface area contributed by atoms with Crippen LogP contribution in [0.3, 0.4) is 0 Å². The molecule has 1 aromatic carbocycles. The van der Waals surface area contributed by atoms with E-state index in [0.717, 1.165) is 6.07 Å². The van der Waals surface area contributed by atoms with Gasteiger partial charge in [0.2, 0.25) is 0 Å². The van der Waals surface area contributed by atoms with Crippen molar-refractivity contribution in [3.05, 3.63) is 47.7 Å². The molecule has 0 aliphatic carbocycles. The summed E-state index contributed by atoms with van der Waals surface area (Å²) in [5.41, 5.74) is 4.89. The van der Waals surface area contributed by atoms with Crippen molar-refractivity contribution in [2.45, 2.75) is 5.92 Å². The van der Waals surface area contributed by atoms with Gasteiger partial charge in [0.05, 0.1) is 0 Å². The quantitative estimate of drug-likeness (QED) is 0.796. The molecule has 2 rings (SSSR count). The molecule has 0 radical (unpaired) electrons. The van der Waals surface area contributed by atoms with Crippen LogP contribution in [0.15, 0.2) is 36.4 Å². The van der Waals surface area contributed by atoms with Crippen molar-refractivity contribution in [1.82, 2.24) is 10.2 Å². The molecular formula is C10H9F2N3. The first-order chi connectivity index (χ1) is 7.10. The van der Waals surface area contributed by atoms with Crippen molar-refractivity contribution in [3.63, 3.8) is 0 Å². The van der Waals surface area contributed by atoms with Gasteiger partial charge in [0.15, 0.2) is 0 Å². The lowest BCUT2D eigenvalue weighted by atomic mass is 10.1. The highest BCUT2D eigenvalue weighted by molar-refractivity contribution is 5.36. The maximum absolute atomic E-state index is 13.8. The zero-order chi connectivity index (χ0) is 10.9. The lowest BCUT2D eigenvalue weighted by Gasteiger charge is -2.14. The number of hydrogen-bond donors (Lipinski definition) is 2. The number of H-pyrrole nitrogens is 1. The van der Waals surface area contributed by atoms with Crippen LogP contribution in [0.1, 0.15) is 11.3 Å². The van der Waals surface area contributed by atoms with Crippen LogP contribution in [0.25, 0.3) is 0 Å². The largest absolute Gasteiger partial charge is 0.382 e. The van der Waals surface area contributed by atoms with Crippen LogP contribution < -0.4 is 5.73 Å². The minimum atomic E-state index is -3.09. The Hall–Kier alpha value is -1.91. The number of alkyl halides is 2. The fourth-order valence-electron chi connectivity index (χ4n) is 1.30. The molecule has 0 saturated carbocycles. The minimum Gasteiger partial charge on any atom is -0.382 e. The minimum absolute atomic E-state index is 0.0561. The van der Waals surface area contributed by atoms with Crippen LogP contribution in [-0.2, 0) is 5.92 Å². The predicted molar refractivity (Wildman–Crippen MR) is 52.4 cm³/mol. The van der Waals surface area contributed by atoms with E-state index in [4.69, 9.17) is 5.73 Å². The predicted octanol–water partition coefficient (Wildman–Crippen LogP) is 2.13. The lowest BCUT2D eigenvalue weighted by Crippen LogP contribution is -2.15. The number of nitrogens with two attached hydrogens (primary N) is 1. The van der Waals surface area contributed by atoms with Crippen LogP contribution in [-0.4, -0.2) is 10.2 Å². The number of nitrogens with one attached hydrogen (secondary N) is 1. The van der Waals surface area contributed by atoms with Crippen molar-refractivity contribution in [1.29, 1.82) is 0 Å². The lowest BCUT2D eigenvalue weighted by molar-refractivity contribution is 0.0379. The SMILES string of the molecule is Nc1cc(C(F)(F)c2ccccc2)[nH]n1. The van der Waals surface area contributed by atoms with Gasteiger partial charge in [-0.2, -0.15) is 13.9 Å². The number of anilines is 1. The topological polar surface area (TPSA) is 54.7 Å². The zero-order valence-electron chi connectivity index (χ0n) is 7.74. The summed E-state index contributed by atoms with van der Waals surface area (Å²) in [6.45, 7) is 0. The highest BCUT2D eigenvalue weighted by Crippen LogP contribution is 2.34. The number of halogens is 2. The number of hydrogen-bond acceptors (Lipinski definition) is 2. The molecule has 1 aromatic heterocycles. The second kappa shape index (κ2) is 3.34. The second-order valence-electron chi connectivity index (χ2n) is 3.15. The average Bonchev–Trinajstić information content (AvgIpc) is 2.67. The van der Waals surface area contributed by atoms with Crippen molar-refractivity contribution in [3.8, 4) is 0 Å². The summed E-state index contributed by atoms with van der Waals surface area (Å²) in [5, 5.41) is 5.70. The Morgan fingerprint density at radius 2 is 1.87 bits per heavy atom. The van der Waals surface area contributed by atoms with Gasteiger partial charge in [-0.3, -0.25) is 5.10 Å². The van der Waals surface area contributed by atoms with E-state index in [1.165, 1.54) is 12.1 Å². The molecule has 0 bridgehead atoms. The Morgan fingerprint density at radius 3 is 2.40 bits per heavy atom. The first kappa shape index (κ1) is 9.64. The number of aromatic amines is 1. The fraction of sp³-hybridized carbons (Fsp3) is 0.100. The standard InChI is InChI=1S/C10H9F2N3/c11-10(12,7-4-2-1-3-5-7)8-6-9(13)15-14-8/h1-6H,(H3,13,14,15). The molecule has 0 unspecified atom stereocenters. The molecule has 1 heterocycles. The monoisotopic (exact) mass is 209 g/mol. The van der Waals surface area contributed by atoms with Gasteiger partial charge in [0.1, 0.15) is 11.5 Å². The summed E-state index contributed by atoms with van der Waals surface area (Å²) in [4.78, 5) is 0. The Morgan fingerprint density at radius 1 is 1.20 bits per heavy atom. The third-order valence-corrected chi connectivity index (χ3v) is 2.07. The summed E-state index contributed by atoms with van der Waals surface area (Å²) in [7, 11) is 0. The van der Waals surface area contributed by atoms with Crippen molar-refractivity contribution in [2.24, 2.45) is 0 Å². The van der Waals surface area contributed by atoms with E-state index in [1.54, 1.807) is 18.2 Å². The molecule has 0 amide bonds. The molecule has 0 atom stereocenters. The molecular weight excluding hydrogens is 200 g/mol. The molecule has 3 nitrogen and oxygen atoms in total. The van der Waals surface area contributed by atoms with E-state index < -0.39 is 5.92 Å². The fourth-order valence-corrected chi connectivity index (χ4v) is 1.30. The molecule has 5 heteroatoms. The summed E-state index contributed by atoms with van der Waals surface area (Å²) < 4.78 is 27.5. The highest BCUT2D eigenvalue weighted by atomic mass is 19.3. The van der Waals surface area contributed by atoms with Gasteiger partial charge in [-0.15, -0.1) is 0 Å². The molecule has 0 saturated heterocycles. The van der Waals surface area contributed by atoms with Crippen LogP contribution >= 0.6 is 0 Å². The van der Waals surface area contributed by atoms with Gasteiger partial charge in [0.25, 0.3) is 0 Å². The summed E-state index contributed by atoms with van der Waals surface area (Å²) in [6.07, 6.45) is 0. The molecule has 0 fully saturated rings. The van der Waals surface area contributed by atoms with Gasteiger partial charge >= 0.3 is 5.92 Å². The van der Waals surface area contributed by atoms with Crippen LogP contribution in [0, 0.1) is 0 Å². The van der Waals surface area contributed by atoms with E-state index in [-0.39, 0.29) is 17.1 Å². The number of nitrogens with zero attached hydrogens (tertiary/aromatic N) is 1. The maximum Gasteiger partial charge on any atom is 0.314 e. The van der Waals surface area contributed by atoms with Crippen molar-refractivity contribution >= 4 is 5.82 Å². The van der Waals surface area contributed by atoms with Crippen LogP contribution in [0.2, 0.25) is 0 Å². The van der Waals surface area contributed by atoms with Crippen molar-refractivity contribution in [2.75, 3.05) is 5.73 Å². The van der Waals surface area contributed by atoms with Crippen LogP contribution in [0.4, 0.5) is 14.6 Å². The van der Waals surface area contributed by atoms with Crippen LogP contribution in [0.5, 0.6) is 0 Å². The first-order valence-corrected chi connectivity index (χ1v) is 4.35. The summed E-state index contributed by atoms with van der Waals surface area (Å²) in [5.74, 6) is -3.04. The Kier molecular flexibility index (Phi) is 2.15. The summed E-state index contributed by atoms with van der Waals surface area (Å²) in [6, 6.07) is 8.65. The Labute approximate surface area is 84.9 Å². The normalized spacial score (nSPS) is 11.6. The smallest absolute Gasteiger partial charge is 0.314 e. The number of nitrogen functional groups attached to an aromatic ring is 1. The Bertz CT molecular complexity index is 451. The van der Waals surface area contributed by atoms with E-state index in [0.29, 0.717) is 0 Å². The average molecular weight is 209 g/mol. The van der Waals surface area contributed by atoms with E-state index in [1.807, 2.05) is 0 Å². The summed E-state index contributed by atoms with van der Waals surface area (Å²) >= 11 is 0. The molecule has 0 spiro atoms. The second-order valence-corrected chi connectivity index (χ2v) is 3.15. The Balaban J connectivity index is 2.43. The van der Waals surface area contributed by atoms with E-state index >= 15 is 0 Å². The van der Waals surface area contributed by atoms with Gasteiger partial charge in [0, 0.05) is 11.6 Å². The van der Waals surface area contributed by atoms with E-state index in [2.05, 4.69) is 10.2 Å². The molecule has 2 aromatic rings. The van der Waals surface area contributed by atoms with E-state index in [9.17, 15) is 8.78 Å². The highest BCUT2D eigenvalue weighted by Gasteiger charge is 2.35. The third-order valence-electron chi connectivity index (χ3n) is 2.07. The number of aromatic nitrogens is 2.